The Labute approximate surface area is 159 Å². The van der Waals surface area contributed by atoms with Crippen LogP contribution in [0.3, 0.4) is 0 Å². The van der Waals surface area contributed by atoms with Crippen molar-refractivity contribution in [3.05, 3.63) is 53.7 Å². The van der Waals surface area contributed by atoms with Crippen molar-refractivity contribution in [1.82, 2.24) is 9.30 Å². The molecule has 0 aliphatic rings. The summed E-state index contributed by atoms with van der Waals surface area (Å²) in [6, 6.07) is 11.9. The fourth-order valence-corrected chi connectivity index (χ4v) is 3.28. The Morgan fingerprint density at radius 2 is 1.93 bits per heavy atom. The fraction of sp³-hybridized carbons (Fsp3) is 0.333. The highest BCUT2D eigenvalue weighted by atomic mass is 16.6. The van der Waals surface area contributed by atoms with E-state index in [0.29, 0.717) is 19.7 Å². The molecule has 6 nitrogen and oxygen atoms in total. The molecule has 0 radical (unpaired) electrons. The normalized spacial score (nSPS) is 12.3. The average molecular weight is 367 g/mol. The predicted octanol–water partition coefficient (Wildman–Crippen LogP) is 3.22. The topological polar surface area (TPSA) is 55.5 Å². The minimum Gasteiger partial charge on any atom is -0.399 e. The number of para-hydroxylation sites is 1. The third kappa shape index (κ3) is 3.86. The molecule has 3 rings (SSSR count). The van der Waals surface area contributed by atoms with Crippen molar-refractivity contribution in [2.45, 2.75) is 6.92 Å². The molecule has 0 N–H and O–H groups in total. The number of pyridine rings is 1. The number of fused-ring (bicyclic) bond motifs is 3. The summed E-state index contributed by atoms with van der Waals surface area (Å²) >= 11 is 0. The maximum atomic E-state index is 13.1. The Kier molecular flexibility index (Phi) is 5.88. The third-order valence-corrected chi connectivity index (χ3v) is 4.65. The highest BCUT2D eigenvalue weighted by Gasteiger charge is 2.19. The third-order valence-electron chi connectivity index (χ3n) is 4.65. The molecule has 6 heteroatoms. The maximum absolute atomic E-state index is 13.1. The maximum Gasteiger partial charge on any atom is 0.179 e. The Balaban J connectivity index is 2.09. The van der Waals surface area contributed by atoms with Crippen LogP contribution >= 0.6 is 0 Å². The minimum absolute atomic E-state index is 0.0994. The molecule has 0 saturated carbocycles. The van der Waals surface area contributed by atoms with E-state index in [-0.39, 0.29) is 5.78 Å². The summed E-state index contributed by atoms with van der Waals surface area (Å²) < 4.78 is 7.16. The van der Waals surface area contributed by atoms with Crippen molar-refractivity contribution < 1.29 is 14.4 Å². The second-order valence-corrected chi connectivity index (χ2v) is 6.58. The Morgan fingerprint density at radius 3 is 2.67 bits per heavy atom. The molecule has 0 aliphatic carbocycles. The number of likely N-dealkylation sites (N-methyl/N-ethyl adjacent to an activating group) is 1. The zero-order valence-corrected chi connectivity index (χ0v) is 16.2. The average Bonchev–Trinajstić information content (AvgIpc) is 3.00. The first-order valence-corrected chi connectivity index (χ1v) is 8.88. The van der Waals surface area contributed by atoms with Gasteiger partial charge in [0.25, 0.3) is 0 Å². The van der Waals surface area contributed by atoms with Gasteiger partial charge in [0.2, 0.25) is 0 Å². The second kappa shape index (κ2) is 8.33. The predicted molar refractivity (Wildman–Crippen MR) is 108 cm³/mol. The van der Waals surface area contributed by atoms with Gasteiger partial charge in [-0.15, -0.1) is 0 Å². The van der Waals surface area contributed by atoms with Crippen LogP contribution in [0.4, 0.5) is 0 Å². The van der Waals surface area contributed by atoms with Crippen LogP contribution in [0.5, 0.6) is 0 Å². The number of nitrogens with zero attached hydrogens (tertiary/aromatic N) is 3. The van der Waals surface area contributed by atoms with Gasteiger partial charge < -0.3 is 14.0 Å². The van der Waals surface area contributed by atoms with E-state index in [2.05, 4.69) is 9.56 Å². The van der Waals surface area contributed by atoms with Crippen LogP contribution < -0.4 is 0 Å². The molecule has 0 bridgehead atoms. The van der Waals surface area contributed by atoms with E-state index in [4.69, 9.17) is 9.57 Å². The van der Waals surface area contributed by atoms with Gasteiger partial charge in [0.15, 0.2) is 5.78 Å². The van der Waals surface area contributed by atoms with E-state index in [1.165, 1.54) is 7.11 Å². The summed E-state index contributed by atoms with van der Waals surface area (Å²) in [6.07, 6.45) is 2.00. The highest BCUT2D eigenvalue weighted by Crippen LogP contribution is 2.28. The molecule has 0 spiro atoms. The molecular weight excluding hydrogens is 342 g/mol. The first-order chi connectivity index (χ1) is 13.1. The number of oxime groups is 1. The minimum atomic E-state index is 0.0994. The standard InChI is InChI=1S/C21H25N3O3/c1-15(22-27-4)16-9-10-19-21(20(25)14-23(2)11-12-26-3)17-7-5-6-8-18(17)24(19)13-16/h5-10,13H,11-12,14H2,1-4H3. The van der Waals surface area contributed by atoms with Gasteiger partial charge in [-0.2, -0.15) is 0 Å². The lowest BCUT2D eigenvalue weighted by Crippen LogP contribution is -2.29. The summed E-state index contributed by atoms with van der Waals surface area (Å²) in [4.78, 5) is 20.0. The molecule has 0 fully saturated rings. The number of carbonyl (C=O) groups excluding carboxylic acids is 1. The summed E-state index contributed by atoms with van der Waals surface area (Å²) in [6.45, 7) is 3.55. The van der Waals surface area contributed by atoms with E-state index in [1.807, 2.05) is 61.5 Å². The number of methoxy groups -OCH3 is 1. The summed E-state index contributed by atoms with van der Waals surface area (Å²) in [5, 5.41) is 4.97. The summed E-state index contributed by atoms with van der Waals surface area (Å²) in [7, 11) is 5.13. The smallest absolute Gasteiger partial charge is 0.179 e. The molecule has 142 valence electrons. The number of ketones is 1. The fourth-order valence-electron chi connectivity index (χ4n) is 3.28. The zero-order chi connectivity index (χ0) is 19.4. The van der Waals surface area contributed by atoms with E-state index >= 15 is 0 Å². The van der Waals surface area contributed by atoms with Gasteiger partial charge in [-0.1, -0.05) is 23.4 Å². The lowest BCUT2D eigenvalue weighted by molar-refractivity contribution is 0.0926. The largest absolute Gasteiger partial charge is 0.399 e. The van der Waals surface area contributed by atoms with Crippen molar-refractivity contribution in [1.29, 1.82) is 0 Å². The van der Waals surface area contributed by atoms with Crippen LogP contribution in [0.1, 0.15) is 22.8 Å². The molecule has 2 heterocycles. The number of ether oxygens (including phenoxy) is 1. The van der Waals surface area contributed by atoms with Gasteiger partial charge in [-0.05, 0) is 32.2 Å². The second-order valence-electron chi connectivity index (χ2n) is 6.58. The summed E-state index contributed by atoms with van der Waals surface area (Å²) in [5.74, 6) is 0.0994. The molecule has 0 aliphatic heterocycles. The highest BCUT2D eigenvalue weighted by molar-refractivity contribution is 6.15. The first kappa shape index (κ1) is 19.1. The van der Waals surface area contributed by atoms with Gasteiger partial charge >= 0.3 is 0 Å². The number of hydrogen-bond acceptors (Lipinski definition) is 5. The molecule has 3 aromatic rings. The number of Topliss-reactive ketones (excluding diaryl/α,β-unsaturated/α-hetero) is 1. The molecule has 1 aromatic carbocycles. The Hall–Kier alpha value is -2.70. The van der Waals surface area contributed by atoms with Crippen LogP contribution in [0.25, 0.3) is 16.4 Å². The van der Waals surface area contributed by atoms with Gasteiger partial charge in [0.05, 0.1) is 35.5 Å². The van der Waals surface area contributed by atoms with Gasteiger partial charge in [0, 0.05) is 30.8 Å². The van der Waals surface area contributed by atoms with Crippen molar-refractivity contribution in [2.24, 2.45) is 5.16 Å². The van der Waals surface area contributed by atoms with E-state index in [0.717, 1.165) is 33.3 Å². The van der Waals surface area contributed by atoms with Gasteiger partial charge in [0.1, 0.15) is 7.11 Å². The lowest BCUT2D eigenvalue weighted by Gasteiger charge is -2.14. The molecule has 0 saturated heterocycles. The van der Waals surface area contributed by atoms with Crippen molar-refractivity contribution in [3.8, 4) is 0 Å². The number of rotatable bonds is 8. The van der Waals surface area contributed by atoms with Crippen LogP contribution in [0.2, 0.25) is 0 Å². The summed E-state index contributed by atoms with van der Waals surface area (Å²) in [5.41, 5.74) is 4.38. The van der Waals surface area contributed by atoms with E-state index in [9.17, 15) is 4.79 Å². The van der Waals surface area contributed by atoms with Crippen LogP contribution in [-0.4, -0.2) is 61.8 Å². The number of hydrogen-bond donors (Lipinski definition) is 0. The van der Waals surface area contributed by atoms with Crippen molar-refractivity contribution >= 4 is 27.9 Å². The van der Waals surface area contributed by atoms with Crippen LogP contribution in [0, 0.1) is 0 Å². The Bertz CT molecular complexity index is 991. The Morgan fingerprint density at radius 1 is 1.15 bits per heavy atom. The van der Waals surface area contributed by atoms with Crippen molar-refractivity contribution in [2.75, 3.05) is 41.0 Å². The molecule has 0 atom stereocenters. The zero-order valence-electron chi connectivity index (χ0n) is 16.2. The number of benzene rings is 1. The van der Waals surface area contributed by atoms with Crippen LogP contribution in [-0.2, 0) is 9.57 Å². The van der Waals surface area contributed by atoms with Crippen LogP contribution in [0.15, 0.2) is 47.8 Å². The van der Waals surface area contributed by atoms with Gasteiger partial charge in [-0.25, -0.2) is 0 Å². The SMILES string of the molecule is COCCN(C)CC(=O)c1c2ccccc2n2cc(C(C)=NOC)ccc12. The quantitative estimate of drug-likeness (QED) is 0.348. The lowest BCUT2D eigenvalue weighted by atomic mass is 10.1. The molecule has 0 amide bonds. The number of aromatic nitrogens is 1. The van der Waals surface area contributed by atoms with E-state index in [1.54, 1.807) is 7.11 Å². The van der Waals surface area contributed by atoms with Gasteiger partial charge in [-0.3, -0.25) is 9.69 Å². The monoisotopic (exact) mass is 367 g/mol. The molecule has 27 heavy (non-hydrogen) atoms. The molecular formula is C21H25N3O3. The van der Waals surface area contributed by atoms with E-state index < -0.39 is 0 Å². The first-order valence-electron chi connectivity index (χ1n) is 8.88. The number of carbonyl (C=O) groups is 1. The van der Waals surface area contributed by atoms with Crippen molar-refractivity contribution in [3.63, 3.8) is 0 Å². The molecule has 2 aromatic heterocycles. The molecule has 0 unspecified atom stereocenters.